The number of aromatic hydroxyl groups is 1. The van der Waals surface area contributed by atoms with E-state index in [0.29, 0.717) is 12.0 Å². The van der Waals surface area contributed by atoms with E-state index in [1.165, 1.54) is 0 Å². The van der Waals surface area contributed by atoms with E-state index >= 15 is 0 Å². The molecule has 1 N–H and O–H groups in total. The van der Waals surface area contributed by atoms with Crippen LogP contribution in [0.5, 0.6) is 11.5 Å². The molecule has 0 saturated carbocycles. The fourth-order valence-electron chi connectivity index (χ4n) is 2.89. The Labute approximate surface area is 100 Å². The first-order chi connectivity index (χ1) is 7.98. The Hall–Kier alpha value is -1.51. The van der Waals surface area contributed by atoms with Gasteiger partial charge in [-0.15, -0.1) is 0 Å². The number of carbonyl (C=O) groups is 1. The lowest BCUT2D eigenvalue weighted by molar-refractivity contribution is 0.0965. The van der Waals surface area contributed by atoms with Crippen LogP contribution in [-0.4, -0.2) is 16.5 Å². The topological polar surface area (TPSA) is 46.5 Å². The van der Waals surface area contributed by atoms with Crippen LogP contribution in [0.15, 0.2) is 6.07 Å². The lowest BCUT2D eigenvalue weighted by Crippen LogP contribution is -2.25. The van der Waals surface area contributed by atoms with Gasteiger partial charge in [-0.05, 0) is 32.8 Å². The Balaban J connectivity index is 2.22. The number of benzene rings is 1. The zero-order chi connectivity index (χ0) is 12.2. The largest absolute Gasteiger partial charge is 0.507 e. The van der Waals surface area contributed by atoms with Crippen molar-refractivity contribution in [3.8, 4) is 11.5 Å². The van der Waals surface area contributed by atoms with Gasteiger partial charge in [0, 0.05) is 24.0 Å². The summed E-state index contributed by atoms with van der Waals surface area (Å²) in [7, 11) is 0. The van der Waals surface area contributed by atoms with Gasteiger partial charge in [0.2, 0.25) is 0 Å². The molecule has 0 amide bonds. The van der Waals surface area contributed by atoms with Gasteiger partial charge in [0.1, 0.15) is 17.1 Å². The summed E-state index contributed by atoms with van der Waals surface area (Å²) in [6.45, 7) is 4.06. The number of fused-ring (bicyclic) bond motifs is 3. The Morgan fingerprint density at radius 3 is 2.88 bits per heavy atom. The molecule has 1 aliphatic heterocycles. The van der Waals surface area contributed by atoms with Crippen molar-refractivity contribution in [2.45, 2.75) is 45.1 Å². The highest BCUT2D eigenvalue weighted by Gasteiger charge is 2.36. The molecule has 1 aromatic rings. The molecule has 0 atom stereocenters. The van der Waals surface area contributed by atoms with Crippen LogP contribution >= 0.6 is 0 Å². The van der Waals surface area contributed by atoms with Gasteiger partial charge in [-0.2, -0.15) is 0 Å². The van der Waals surface area contributed by atoms with Crippen LogP contribution in [0.2, 0.25) is 0 Å². The van der Waals surface area contributed by atoms with E-state index in [9.17, 15) is 9.90 Å². The molecular weight excluding hydrogens is 216 g/mol. The van der Waals surface area contributed by atoms with E-state index in [1.54, 1.807) is 6.07 Å². The highest BCUT2D eigenvalue weighted by atomic mass is 16.5. The predicted molar refractivity (Wildman–Crippen MR) is 63.8 cm³/mol. The van der Waals surface area contributed by atoms with Gasteiger partial charge >= 0.3 is 0 Å². The van der Waals surface area contributed by atoms with Gasteiger partial charge in [0.25, 0.3) is 0 Å². The van der Waals surface area contributed by atoms with Crippen LogP contribution in [0.25, 0.3) is 0 Å². The number of ether oxygens (including phenoxy) is 1. The van der Waals surface area contributed by atoms with Crippen molar-refractivity contribution in [2.24, 2.45) is 0 Å². The third-order valence-corrected chi connectivity index (χ3v) is 3.54. The van der Waals surface area contributed by atoms with Crippen molar-refractivity contribution in [3.63, 3.8) is 0 Å². The van der Waals surface area contributed by atoms with Gasteiger partial charge in [0.05, 0.1) is 5.56 Å². The molecule has 0 bridgehead atoms. The van der Waals surface area contributed by atoms with Crippen molar-refractivity contribution in [1.29, 1.82) is 0 Å². The highest BCUT2D eigenvalue weighted by Crippen LogP contribution is 2.44. The smallest absolute Gasteiger partial charge is 0.167 e. The first-order valence-corrected chi connectivity index (χ1v) is 6.08. The minimum Gasteiger partial charge on any atom is -0.507 e. The summed E-state index contributed by atoms with van der Waals surface area (Å²) in [5.41, 5.74) is 2.21. The number of phenolic OH excluding ortho intramolecular Hbond substituents is 1. The van der Waals surface area contributed by atoms with E-state index in [2.05, 4.69) is 0 Å². The molecule has 0 unspecified atom stereocenters. The molecule has 1 heterocycles. The fourth-order valence-corrected chi connectivity index (χ4v) is 2.89. The molecule has 3 rings (SSSR count). The van der Waals surface area contributed by atoms with Crippen molar-refractivity contribution in [3.05, 3.63) is 22.8 Å². The first-order valence-electron chi connectivity index (χ1n) is 6.08. The summed E-state index contributed by atoms with van der Waals surface area (Å²) in [6, 6.07) is 1.70. The van der Waals surface area contributed by atoms with Gasteiger partial charge in [-0.1, -0.05) is 0 Å². The molecule has 0 spiro atoms. The maximum Gasteiger partial charge on any atom is 0.167 e. The predicted octanol–water partition coefficient (Wildman–Crippen LogP) is 2.62. The quantitative estimate of drug-likeness (QED) is 0.748. The molecule has 3 heteroatoms. The fraction of sp³-hybridized carbons (Fsp3) is 0.500. The minimum absolute atomic E-state index is 0.0415. The average molecular weight is 232 g/mol. The molecule has 3 nitrogen and oxygen atoms in total. The van der Waals surface area contributed by atoms with Crippen LogP contribution < -0.4 is 4.74 Å². The van der Waals surface area contributed by atoms with Crippen LogP contribution in [-0.2, 0) is 12.8 Å². The molecule has 0 saturated heterocycles. The summed E-state index contributed by atoms with van der Waals surface area (Å²) in [5.74, 6) is 1.01. The molecule has 1 aromatic carbocycles. The van der Waals surface area contributed by atoms with E-state index in [1.807, 2.05) is 13.8 Å². The number of rotatable bonds is 0. The molecule has 0 aromatic heterocycles. The van der Waals surface area contributed by atoms with Gasteiger partial charge in [-0.25, -0.2) is 0 Å². The highest BCUT2D eigenvalue weighted by molar-refractivity contribution is 6.01. The number of carbonyl (C=O) groups excluding carboxylic acids is 1. The third-order valence-electron chi connectivity index (χ3n) is 3.54. The number of hydrogen-bond acceptors (Lipinski definition) is 3. The first kappa shape index (κ1) is 10.6. The van der Waals surface area contributed by atoms with E-state index in [4.69, 9.17) is 4.74 Å². The number of phenols is 1. The van der Waals surface area contributed by atoms with Crippen molar-refractivity contribution >= 4 is 5.78 Å². The molecule has 0 radical (unpaired) electrons. The monoisotopic (exact) mass is 232 g/mol. The van der Waals surface area contributed by atoms with Crippen LogP contribution in [0, 0.1) is 0 Å². The van der Waals surface area contributed by atoms with Gasteiger partial charge in [-0.3, -0.25) is 4.79 Å². The molecule has 2 aliphatic rings. The Bertz CT molecular complexity index is 515. The van der Waals surface area contributed by atoms with Crippen molar-refractivity contribution < 1.29 is 14.6 Å². The second kappa shape index (κ2) is 3.25. The zero-order valence-electron chi connectivity index (χ0n) is 10.2. The molecular formula is C14H16O3. The van der Waals surface area contributed by atoms with Crippen LogP contribution in [0.1, 0.15) is 48.2 Å². The van der Waals surface area contributed by atoms with Gasteiger partial charge < -0.3 is 9.84 Å². The Morgan fingerprint density at radius 2 is 2.12 bits per heavy atom. The summed E-state index contributed by atoms with van der Waals surface area (Å²) >= 11 is 0. The molecule has 1 aliphatic carbocycles. The average Bonchev–Trinajstić information content (AvgIpc) is 2.52. The second-order valence-corrected chi connectivity index (χ2v) is 5.55. The molecule has 90 valence electrons. The number of Topliss-reactive ketones (excluding diaryl/α,β-unsaturated/α-hetero) is 1. The minimum atomic E-state index is -0.232. The summed E-state index contributed by atoms with van der Waals surface area (Å²) in [4.78, 5) is 11.9. The maximum atomic E-state index is 11.9. The maximum absolute atomic E-state index is 11.9. The standard InChI is InChI=1S/C14H16O3/c1-14(2)7-8-6-11(16)12-9(13(8)17-14)4-3-5-10(12)15/h6,16H,3-5,7H2,1-2H3. The molecule has 17 heavy (non-hydrogen) atoms. The zero-order valence-corrected chi connectivity index (χ0v) is 10.2. The van der Waals surface area contributed by atoms with Gasteiger partial charge in [0.15, 0.2) is 5.78 Å². The Kier molecular flexibility index (Phi) is 2.03. The second-order valence-electron chi connectivity index (χ2n) is 5.55. The van der Waals surface area contributed by atoms with E-state index < -0.39 is 0 Å². The van der Waals surface area contributed by atoms with Crippen molar-refractivity contribution in [2.75, 3.05) is 0 Å². The van der Waals surface area contributed by atoms with Crippen molar-refractivity contribution in [1.82, 2.24) is 0 Å². The molecule has 0 fully saturated rings. The normalized spacial score (nSPS) is 20.7. The SMILES string of the molecule is CC1(C)Cc2cc(O)c3c(c2O1)CCCC3=O. The van der Waals surface area contributed by atoms with Crippen LogP contribution in [0.4, 0.5) is 0 Å². The Morgan fingerprint density at radius 1 is 1.35 bits per heavy atom. The summed E-state index contributed by atoms with van der Waals surface area (Å²) in [5, 5.41) is 9.98. The summed E-state index contributed by atoms with van der Waals surface area (Å²) in [6.07, 6.45) is 3.00. The number of hydrogen-bond donors (Lipinski definition) is 1. The summed E-state index contributed by atoms with van der Waals surface area (Å²) < 4.78 is 5.93. The number of ketones is 1. The lowest BCUT2D eigenvalue weighted by Gasteiger charge is -2.21. The lowest BCUT2D eigenvalue weighted by atomic mass is 9.87. The third kappa shape index (κ3) is 1.53. The van der Waals surface area contributed by atoms with Crippen LogP contribution in [0.3, 0.4) is 0 Å². The van der Waals surface area contributed by atoms with E-state index in [-0.39, 0.29) is 17.1 Å². The van der Waals surface area contributed by atoms with E-state index in [0.717, 1.165) is 36.1 Å².